The number of ether oxygens (including phenoxy) is 2. The number of carboxylic acid groups (broad SMARTS) is 1. The second-order valence-electron chi connectivity index (χ2n) is 9.32. The highest BCUT2D eigenvalue weighted by molar-refractivity contribution is 5.85. The summed E-state index contributed by atoms with van der Waals surface area (Å²) in [5.41, 5.74) is 3.34. The number of likely N-dealkylation sites (tertiary alicyclic amines) is 1. The number of amides is 2. The van der Waals surface area contributed by atoms with E-state index in [1.165, 1.54) is 18.2 Å². The van der Waals surface area contributed by atoms with E-state index in [0.717, 1.165) is 11.1 Å². The Bertz CT molecular complexity index is 1090. The van der Waals surface area contributed by atoms with Gasteiger partial charge in [-0.15, -0.1) is 0 Å². The summed E-state index contributed by atoms with van der Waals surface area (Å²) in [5.74, 6) is -1.28. The summed E-state index contributed by atoms with van der Waals surface area (Å²) in [4.78, 5) is 38.2. The van der Waals surface area contributed by atoms with Gasteiger partial charge in [0.15, 0.2) is 5.60 Å². The molecule has 5 rings (SSSR count). The van der Waals surface area contributed by atoms with Crippen LogP contribution >= 0.6 is 0 Å². The summed E-state index contributed by atoms with van der Waals surface area (Å²) in [6.07, 6.45) is 0.455. The van der Waals surface area contributed by atoms with Gasteiger partial charge in [0.05, 0.1) is 6.54 Å². The second kappa shape index (κ2) is 8.76. The lowest BCUT2D eigenvalue weighted by Gasteiger charge is -2.23. The molecule has 1 aliphatic heterocycles. The molecule has 0 radical (unpaired) electrons. The van der Waals surface area contributed by atoms with Crippen LogP contribution in [-0.4, -0.2) is 66.9 Å². The highest BCUT2D eigenvalue weighted by Gasteiger charge is 2.51. The van der Waals surface area contributed by atoms with Crippen molar-refractivity contribution >= 4 is 18.0 Å². The summed E-state index contributed by atoms with van der Waals surface area (Å²) in [6, 6.07) is 16.3. The lowest BCUT2D eigenvalue weighted by atomic mass is 9.98. The molecule has 3 atom stereocenters. The normalized spacial score (nSPS) is 24.9. The van der Waals surface area contributed by atoms with Crippen molar-refractivity contribution in [1.29, 1.82) is 0 Å². The average molecular weight is 465 g/mol. The summed E-state index contributed by atoms with van der Waals surface area (Å²) in [5, 5.41) is 12.2. The van der Waals surface area contributed by atoms with E-state index < -0.39 is 17.7 Å². The number of nitrogens with one attached hydrogen (secondary N) is 1. The van der Waals surface area contributed by atoms with Crippen molar-refractivity contribution in [3.8, 4) is 11.1 Å². The van der Waals surface area contributed by atoms with Gasteiger partial charge in [0, 0.05) is 38.5 Å². The van der Waals surface area contributed by atoms with Crippen LogP contribution in [0.4, 0.5) is 4.79 Å². The van der Waals surface area contributed by atoms with Crippen LogP contribution in [0.25, 0.3) is 11.1 Å². The molecule has 8 nitrogen and oxygen atoms in total. The van der Waals surface area contributed by atoms with Gasteiger partial charge in [-0.1, -0.05) is 48.5 Å². The molecule has 2 aromatic carbocycles. The molecule has 2 N–H and O–H groups in total. The highest BCUT2D eigenvalue weighted by atomic mass is 16.5. The molecule has 2 amide bonds. The molecule has 1 saturated carbocycles. The number of nitrogens with zero attached hydrogens (tertiary/aromatic N) is 1. The third-order valence-corrected chi connectivity index (χ3v) is 7.42. The molecule has 178 valence electrons. The molecule has 8 heteroatoms. The maximum absolute atomic E-state index is 12.8. The van der Waals surface area contributed by atoms with Gasteiger partial charge in [0.1, 0.15) is 6.61 Å². The van der Waals surface area contributed by atoms with E-state index in [9.17, 15) is 19.5 Å². The minimum atomic E-state index is -1.32. The first kappa shape index (κ1) is 22.4. The van der Waals surface area contributed by atoms with Gasteiger partial charge in [-0.2, -0.15) is 0 Å². The average Bonchev–Trinajstić information content (AvgIpc) is 3.37. The largest absolute Gasteiger partial charge is 0.479 e. The smallest absolute Gasteiger partial charge is 0.407 e. The fraction of sp³-hybridized carbons (Fsp3) is 0.423. The molecular formula is C26H28N2O6. The van der Waals surface area contributed by atoms with Gasteiger partial charge < -0.3 is 24.8 Å². The van der Waals surface area contributed by atoms with Crippen molar-refractivity contribution in [1.82, 2.24) is 10.2 Å². The Balaban J connectivity index is 1.10. The minimum Gasteiger partial charge on any atom is -0.479 e. The van der Waals surface area contributed by atoms with Crippen LogP contribution in [0, 0.1) is 11.8 Å². The van der Waals surface area contributed by atoms with Gasteiger partial charge in [-0.05, 0) is 34.6 Å². The maximum atomic E-state index is 12.8. The summed E-state index contributed by atoms with van der Waals surface area (Å²) < 4.78 is 10.7. The van der Waals surface area contributed by atoms with Crippen molar-refractivity contribution < 1.29 is 29.0 Å². The fourth-order valence-corrected chi connectivity index (χ4v) is 5.27. The van der Waals surface area contributed by atoms with E-state index in [4.69, 9.17) is 9.47 Å². The van der Waals surface area contributed by atoms with E-state index in [0.29, 0.717) is 19.5 Å². The number of rotatable bonds is 7. The van der Waals surface area contributed by atoms with E-state index in [1.54, 1.807) is 4.90 Å². The Kier molecular flexibility index (Phi) is 5.77. The van der Waals surface area contributed by atoms with Crippen molar-refractivity contribution in [2.45, 2.75) is 24.4 Å². The van der Waals surface area contributed by atoms with E-state index in [1.807, 2.05) is 24.3 Å². The summed E-state index contributed by atoms with van der Waals surface area (Å²) >= 11 is 0. The number of carbonyl (C=O) groups is 3. The first-order valence-electron chi connectivity index (χ1n) is 11.6. The number of methoxy groups -OCH3 is 1. The molecule has 1 saturated heterocycles. The number of carbonyl (C=O) groups excluding carboxylic acids is 2. The van der Waals surface area contributed by atoms with Crippen molar-refractivity contribution in [2.75, 3.05) is 33.4 Å². The molecule has 34 heavy (non-hydrogen) atoms. The van der Waals surface area contributed by atoms with Crippen LogP contribution in [-0.2, 0) is 19.1 Å². The molecule has 2 fully saturated rings. The van der Waals surface area contributed by atoms with Crippen LogP contribution in [0.2, 0.25) is 0 Å². The molecule has 3 unspecified atom stereocenters. The zero-order valence-corrected chi connectivity index (χ0v) is 19.0. The third-order valence-electron chi connectivity index (χ3n) is 7.42. The van der Waals surface area contributed by atoms with Gasteiger partial charge >= 0.3 is 12.1 Å². The summed E-state index contributed by atoms with van der Waals surface area (Å²) in [6.45, 7) is 1.02. The Morgan fingerprint density at radius 1 is 1.09 bits per heavy atom. The van der Waals surface area contributed by atoms with E-state index >= 15 is 0 Å². The quantitative estimate of drug-likeness (QED) is 0.653. The molecule has 0 spiro atoms. The number of hydrogen-bond acceptors (Lipinski definition) is 5. The van der Waals surface area contributed by atoms with Crippen LogP contribution in [0.1, 0.15) is 29.9 Å². The maximum Gasteiger partial charge on any atom is 0.407 e. The fourth-order valence-electron chi connectivity index (χ4n) is 5.27. The number of carboxylic acids is 1. The zero-order valence-electron chi connectivity index (χ0n) is 19.0. The predicted octanol–water partition coefficient (Wildman–Crippen LogP) is 2.86. The molecule has 0 aromatic heterocycles. The minimum absolute atomic E-state index is 0.00106. The third kappa shape index (κ3) is 3.92. The zero-order chi connectivity index (χ0) is 23.9. The first-order chi connectivity index (χ1) is 16.4. The molecule has 1 heterocycles. The molecule has 2 aliphatic carbocycles. The van der Waals surface area contributed by atoms with Gasteiger partial charge in [0.25, 0.3) is 0 Å². The van der Waals surface area contributed by atoms with E-state index in [2.05, 4.69) is 29.6 Å². The summed E-state index contributed by atoms with van der Waals surface area (Å²) in [7, 11) is 1.36. The monoisotopic (exact) mass is 464 g/mol. The Hall–Kier alpha value is -3.39. The van der Waals surface area contributed by atoms with Crippen molar-refractivity contribution in [3.63, 3.8) is 0 Å². The van der Waals surface area contributed by atoms with Gasteiger partial charge in [-0.25, -0.2) is 9.59 Å². The van der Waals surface area contributed by atoms with Crippen molar-refractivity contribution in [3.05, 3.63) is 59.7 Å². The Morgan fingerprint density at radius 2 is 1.74 bits per heavy atom. The standard InChI is InChI=1S/C26H28N2O6/c1-33-26(24(30)31)10-11-28(15-26)23(29)21-12-16(21)13-27-25(32)34-14-22-19-8-4-2-6-17(19)18-7-3-5-9-20(18)22/h2-9,16,21-22H,10-15H2,1H3,(H,27,32)(H,30,31). The molecule has 2 aromatic rings. The Labute approximate surface area is 197 Å². The highest BCUT2D eigenvalue weighted by Crippen LogP contribution is 2.44. The lowest BCUT2D eigenvalue weighted by molar-refractivity contribution is -0.161. The van der Waals surface area contributed by atoms with Gasteiger partial charge in [0.2, 0.25) is 5.91 Å². The number of alkyl carbamates (subject to hydrolysis) is 1. The second-order valence-corrected chi connectivity index (χ2v) is 9.32. The first-order valence-corrected chi connectivity index (χ1v) is 11.6. The Morgan fingerprint density at radius 3 is 2.32 bits per heavy atom. The van der Waals surface area contributed by atoms with Crippen molar-refractivity contribution in [2.24, 2.45) is 11.8 Å². The van der Waals surface area contributed by atoms with Crippen LogP contribution in [0.3, 0.4) is 0 Å². The molecule has 3 aliphatic rings. The van der Waals surface area contributed by atoms with Crippen LogP contribution in [0.5, 0.6) is 0 Å². The number of benzene rings is 2. The SMILES string of the molecule is COC1(C(=O)O)CCN(C(=O)C2CC2CNC(=O)OCC2c3ccccc3-c3ccccc32)C1. The van der Waals surface area contributed by atoms with Gasteiger partial charge in [-0.3, -0.25) is 4.79 Å². The molecular weight excluding hydrogens is 436 g/mol. The van der Waals surface area contributed by atoms with Crippen LogP contribution in [0.15, 0.2) is 48.5 Å². The lowest BCUT2D eigenvalue weighted by Crippen LogP contribution is -2.44. The topological polar surface area (TPSA) is 105 Å². The number of hydrogen-bond donors (Lipinski definition) is 2. The van der Waals surface area contributed by atoms with E-state index in [-0.39, 0.29) is 43.2 Å². The van der Waals surface area contributed by atoms with Crippen LogP contribution < -0.4 is 5.32 Å². The predicted molar refractivity (Wildman–Crippen MR) is 123 cm³/mol. The number of aliphatic carboxylic acids is 1. The number of fused-ring (bicyclic) bond motifs is 3. The molecule has 0 bridgehead atoms.